The highest BCUT2D eigenvalue weighted by Gasteiger charge is 2.27. The summed E-state index contributed by atoms with van der Waals surface area (Å²) in [6.07, 6.45) is 0.766. The zero-order chi connectivity index (χ0) is 21.9. The first kappa shape index (κ1) is 22.7. The summed E-state index contributed by atoms with van der Waals surface area (Å²) in [4.78, 5) is 13.7. The molecule has 0 unspecified atom stereocenters. The van der Waals surface area contributed by atoms with Crippen LogP contribution in [0, 0.1) is 13.8 Å². The van der Waals surface area contributed by atoms with Gasteiger partial charge in [0.1, 0.15) is 0 Å². The molecule has 0 aromatic heterocycles. The number of carbonyl (C=O) groups excluding carboxylic acids is 1. The van der Waals surface area contributed by atoms with Gasteiger partial charge in [-0.3, -0.25) is 9.69 Å². The van der Waals surface area contributed by atoms with Gasteiger partial charge in [0.15, 0.2) is 0 Å². The molecule has 0 spiro atoms. The number of hydrogen-bond acceptors (Lipinski definition) is 4. The zero-order valence-corrected chi connectivity index (χ0v) is 19.2. The van der Waals surface area contributed by atoms with Gasteiger partial charge in [0.05, 0.1) is 15.6 Å². The lowest BCUT2D eigenvalue weighted by Crippen LogP contribution is -2.35. The molecule has 0 aliphatic carbocycles. The summed E-state index contributed by atoms with van der Waals surface area (Å²) in [5, 5.41) is 2.80. The Morgan fingerprint density at radius 2 is 1.80 bits per heavy atom. The van der Waals surface area contributed by atoms with E-state index >= 15 is 0 Å². The number of nitrogens with zero attached hydrogens (tertiary/aromatic N) is 2. The van der Waals surface area contributed by atoms with E-state index in [2.05, 4.69) is 42.3 Å². The molecule has 0 saturated carbocycles. The van der Waals surface area contributed by atoms with E-state index in [1.807, 2.05) is 0 Å². The Morgan fingerprint density at radius 3 is 2.47 bits per heavy atom. The predicted octanol–water partition coefficient (Wildman–Crippen LogP) is 3.81. The van der Waals surface area contributed by atoms with Crippen LogP contribution < -0.4 is 5.32 Å². The van der Waals surface area contributed by atoms with Crippen molar-refractivity contribution in [1.29, 1.82) is 0 Å². The normalized spacial score (nSPS) is 16.3. The van der Waals surface area contributed by atoms with E-state index in [-0.39, 0.29) is 15.8 Å². The highest BCUT2D eigenvalue weighted by Crippen LogP contribution is 2.27. The average Bonchev–Trinajstić information content (AvgIpc) is 2.92. The quantitative estimate of drug-likeness (QED) is 0.753. The third-order valence-electron chi connectivity index (χ3n) is 5.41. The molecule has 6 nitrogen and oxygen atoms in total. The maximum atomic E-state index is 13.1. The van der Waals surface area contributed by atoms with Crippen molar-refractivity contribution in [2.75, 3.05) is 31.5 Å². The number of amides is 1. The standard InChI is InChI=1S/C22H28ClN3O3S/c1-16-5-6-19(13-17(16)2)15-25-9-4-10-26(12-11-25)30(28,29)20-7-8-22(21(23)14-20)24-18(3)27/h5-8,13-14H,4,9-12,15H2,1-3H3,(H,24,27). The van der Waals surface area contributed by atoms with Crippen molar-refractivity contribution in [1.82, 2.24) is 9.21 Å². The van der Waals surface area contributed by atoms with E-state index in [9.17, 15) is 13.2 Å². The molecule has 0 radical (unpaired) electrons. The van der Waals surface area contributed by atoms with Crippen LogP contribution in [0.4, 0.5) is 5.69 Å². The number of benzene rings is 2. The van der Waals surface area contributed by atoms with Crippen molar-refractivity contribution < 1.29 is 13.2 Å². The molecule has 0 atom stereocenters. The second kappa shape index (κ2) is 9.47. The highest BCUT2D eigenvalue weighted by molar-refractivity contribution is 7.89. The molecule has 30 heavy (non-hydrogen) atoms. The Labute approximate surface area is 183 Å². The Balaban J connectivity index is 1.70. The number of rotatable bonds is 5. The van der Waals surface area contributed by atoms with E-state index < -0.39 is 10.0 Å². The third-order valence-corrected chi connectivity index (χ3v) is 7.62. The number of carbonyl (C=O) groups is 1. The number of sulfonamides is 1. The van der Waals surface area contributed by atoms with Gasteiger partial charge in [0.25, 0.3) is 0 Å². The Morgan fingerprint density at radius 1 is 1.03 bits per heavy atom. The number of hydrogen-bond donors (Lipinski definition) is 1. The van der Waals surface area contributed by atoms with Crippen molar-refractivity contribution in [2.24, 2.45) is 0 Å². The molecular formula is C22H28ClN3O3S. The molecule has 8 heteroatoms. The number of nitrogens with one attached hydrogen (secondary N) is 1. The van der Waals surface area contributed by atoms with E-state index in [0.29, 0.717) is 25.3 Å². The smallest absolute Gasteiger partial charge is 0.243 e. The van der Waals surface area contributed by atoms with E-state index in [1.165, 1.54) is 46.1 Å². The molecule has 1 aliphatic heterocycles. The fraction of sp³-hybridized carbons (Fsp3) is 0.409. The molecule has 3 rings (SSSR count). The zero-order valence-electron chi connectivity index (χ0n) is 17.6. The summed E-state index contributed by atoms with van der Waals surface area (Å²) in [7, 11) is -3.65. The van der Waals surface area contributed by atoms with Gasteiger partial charge in [0.2, 0.25) is 15.9 Å². The minimum absolute atomic E-state index is 0.143. The van der Waals surface area contributed by atoms with Gasteiger partial charge in [-0.15, -0.1) is 0 Å². The summed E-state index contributed by atoms with van der Waals surface area (Å²) in [6, 6.07) is 10.9. The molecule has 162 valence electrons. The van der Waals surface area contributed by atoms with Crippen molar-refractivity contribution in [3.63, 3.8) is 0 Å². The van der Waals surface area contributed by atoms with Crippen molar-refractivity contribution >= 4 is 33.2 Å². The largest absolute Gasteiger partial charge is 0.325 e. The Kier molecular flexibility index (Phi) is 7.18. The maximum absolute atomic E-state index is 13.1. The Hall–Kier alpha value is -1.93. The van der Waals surface area contributed by atoms with Gasteiger partial charge >= 0.3 is 0 Å². The van der Waals surface area contributed by atoms with Crippen LogP contribution in [-0.2, 0) is 21.4 Å². The first-order chi connectivity index (χ1) is 14.2. The minimum Gasteiger partial charge on any atom is -0.325 e. The summed E-state index contributed by atoms with van der Waals surface area (Å²) in [5.41, 5.74) is 4.19. The summed E-state index contributed by atoms with van der Waals surface area (Å²) in [6.45, 7) is 8.81. The van der Waals surface area contributed by atoms with Gasteiger partial charge < -0.3 is 5.32 Å². The highest BCUT2D eigenvalue weighted by atomic mass is 35.5. The molecule has 2 aromatic carbocycles. The topological polar surface area (TPSA) is 69.7 Å². The van der Waals surface area contributed by atoms with E-state index in [1.54, 1.807) is 0 Å². The lowest BCUT2D eigenvalue weighted by Gasteiger charge is -2.22. The lowest BCUT2D eigenvalue weighted by molar-refractivity contribution is -0.114. The number of anilines is 1. The van der Waals surface area contributed by atoms with Gasteiger partial charge in [-0.25, -0.2) is 8.42 Å². The van der Waals surface area contributed by atoms with Crippen molar-refractivity contribution in [2.45, 2.75) is 38.6 Å². The molecule has 1 N–H and O–H groups in total. The van der Waals surface area contributed by atoms with Crippen molar-refractivity contribution in [3.8, 4) is 0 Å². The third kappa shape index (κ3) is 5.40. The molecular weight excluding hydrogens is 422 g/mol. The monoisotopic (exact) mass is 449 g/mol. The van der Waals surface area contributed by atoms with Crippen LogP contribution in [0.1, 0.15) is 30.0 Å². The fourth-order valence-corrected chi connectivity index (χ4v) is 5.39. The first-order valence-corrected chi connectivity index (χ1v) is 11.8. The second-order valence-electron chi connectivity index (χ2n) is 7.78. The molecule has 1 heterocycles. The second-order valence-corrected chi connectivity index (χ2v) is 10.1. The average molecular weight is 450 g/mol. The molecule has 1 saturated heterocycles. The van der Waals surface area contributed by atoms with Crippen LogP contribution in [-0.4, -0.2) is 49.7 Å². The van der Waals surface area contributed by atoms with E-state index in [4.69, 9.17) is 11.6 Å². The van der Waals surface area contributed by atoms with E-state index in [0.717, 1.165) is 19.5 Å². The number of aryl methyl sites for hydroxylation is 2. The number of halogens is 1. The van der Waals surface area contributed by atoms with Crippen LogP contribution in [0.15, 0.2) is 41.3 Å². The summed E-state index contributed by atoms with van der Waals surface area (Å²) in [5.74, 6) is -0.260. The minimum atomic E-state index is -3.65. The molecule has 2 aromatic rings. The van der Waals surface area contributed by atoms with Gasteiger partial charge in [-0.05, 0) is 61.7 Å². The summed E-state index contributed by atoms with van der Waals surface area (Å²) >= 11 is 6.18. The predicted molar refractivity (Wildman–Crippen MR) is 120 cm³/mol. The van der Waals surface area contributed by atoms with Crippen LogP contribution in [0.25, 0.3) is 0 Å². The molecule has 1 fully saturated rings. The SMILES string of the molecule is CC(=O)Nc1ccc(S(=O)(=O)N2CCCN(Cc3ccc(C)c(C)c3)CC2)cc1Cl. The lowest BCUT2D eigenvalue weighted by atomic mass is 10.1. The Bertz CT molecular complexity index is 1040. The van der Waals surface area contributed by atoms with Crippen LogP contribution in [0.2, 0.25) is 5.02 Å². The van der Waals surface area contributed by atoms with Crippen LogP contribution in [0.3, 0.4) is 0 Å². The fourth-order valence-electron chi connectivity index (χ4n) is 3.60. The van der Waals surface area contributed by atoms with Gasteiger partial charge in [-0.1, -0.05) is 29.8 Å². The first-order valence-electron chi connectivity index (χ1n) is 10.0. The van der Waals surface area contributed by atoms with Crippen LogP contribution in [0.5, 0.6) is 0 Å². The molecule has 1 amide bonds. The summed E-state index contributed by atoms with van der Waals surface area (Å²) < 4.78 is 27.8. The molecule has 0 bridgehead atoms. The van der Waals surface area contributed by atoms with Gasteiger partial charge in [0, 0.05) is 33.1 Å². The maximum Gasteiger partial charge on any atom is 0.243 e. The van der Waals surface area contributed by atoms with Gasteiger partial charge in [-0.2, -0.15) is 4.31 Å². The van der Waals surface area contributed by atoms with Crippen molar-refractivity contribution in [3.05, 3.63) is 58.1 Å². The molecule has 1 aliphatic rings. The van der Waals surface area contributed by atoms with Crippen LogP contribution >= 0.6 is 11.6 Å².